The molecule has 3 heterocycles. The summed E-state index contributed by atoms with van der Waals surface area (Å²) in [5.41, 5.74) is 2.49. The Morgan fingerprint density at radius 3 is 2.87 bits per heavy atom. The number of halogens is 1. The molecule has 0 aliphatic heterocycles. The first-order valence-corrected chi connectivity index (χ1v) is 7.69. The molecule has 1 aromatic carbocycles. The van der Waals surface area contributed by atoms with Crippen LogP contribution in [0.1, 0.15) is 25.5 Å². The van der Waals surface area contributed by atoms with E-state index in [1.807, 2.05) is 16.7 Å². The zero-order valence-electron chi connectivity index (χ0n) is 12.6. The molecule has 1 saturated carbocycles. The largest absolute Gasteiger partial charge is 0.328 e. The lowest BCUT2D eigenvalue weighted by Crippen LogP contribution is -2.07. The smallest absolute Gasteiger partial charge is 0.257 e. The summed E-state index contributed by atoms with van der Waals surface area (Å²) in [5.74, 6) is -0.354. The number of hydrogen-bond donors (Lipinski definition) is 1. The monoisotopic (exact) mass is 307 g/mol. The summed E-state index contributed by atoms with van der Waals surface area (Å²) in [6.45, 7) is 2.20. The van der Waals surface area contributed by atoms with Crippen LogP contribution >= 0.6 is 0 Å². The first kappa shape index (κ1) is 12.8. The maximum atomic E-state index is 13.8. The molecule has 0 saturated heterocycles. The lowest BCUT2D eigenvalue weighted by Gasteiger charge is -2.07. The number of imidazole rings is 1. The van der Waals surface area contributed by atoms with Gasteiger partial charge in [0.1, 0.15) is 11.5 Å². The Kier molecular flexibility index (Phi) is 2.22. The van der Waals surface area contributed by atoms with E-state index in [1.54, 1.807) is 12.3 Å². The van der Waals surface area contributed by atoms with Crippen LogP contribution in [0.25, 0.3) is 27.3 Å². The molecule has 0 radical (unpaired) electrons. The third-order valence-corrected chi connectivity index (χ3v) is 5.01. The Balaban J connectivity index is 2.08. The van der Waals surface area contributed by atoms with Gasteiger partial charge < -0.3 is 4.98 Å². The van der Waals surface area contributed by atoms with Gasteiger partial charge >= 0.3 is 0 Å². The minimum Gasteiger partial charge on any atom is -0.328 e. The number of hydrogen-bond acceptors (Lipinski definition) is 2. The van der Waals surface area contributed by atoms with E-state index in [2.05, 4.69) is 11.9 Å². The quantitative estimate of drug-likeness (QED) is 0.547. The van der Waals surface area contributed by atoms with Gasteiger partial charge in [-0.3, -0.25) is 9.20 Å². The zero-order valence-corrected chi connectivity index (χ0v) is 12.6. The Hall–Kier alpha value is -2.69. The third kappa shape index (κ3) is 1.64. The van der Waals surface area contributed by atoms with Crippen LogP contribution in [0, 0.1) is 5.82 Å². The van der Waals surface area contributed by atoms with E-state index < -0.39 is 0 Å². The molecule has 1 aliphatic rings. The highest BCUT2D eigenvalue weighted by Crippen LogP contribution is 2.47. The molecule has 1 fully saturated rings. The molecule has 23 heavy (non-hydrogen) atoms. The molecule has 114 valence electrons. The fourth-order valence-corrected chi connectivity index (χ4v) is 3.34. The van der Waals surface area contributed by atoms with Crippen molar-refractivity contribution in [2.24, 2.45) is 0 Å². The summed E-state index contributed by atoms with van der Waals surface area (Å²) in [6, 6.07) is 6.38. The molecule has 0 atom stereocenters. The van der Waals surface area contributed by atoms with Crippen molar-refractivity contribution in [3.05, 3.63) is 58.5 Å². The number of H-pyrrole nitrogens is 1. The van der Waals surface area contributed by atoms with Crippen LogP contribution in [-0.4, -0.2) is 14.4 Å². The SMILES string of the molecule is CC1(c2cn3c4cc[nH]c(=O)c4c4cc(F)ccc4c3n2)CC1. The van der Waals surface area contributed by atoms with Gasteiger partial charge in [-0.15, -0.1) is 0 Å². The molecule has 1 aliphatic carbocycles. The highest BCUT2D eigenvalue weighted by molar-refractivity contribution is 6.11. The predicted octanol–water partition coefficient (Wildman–Crippen LogP) is 3.52. The van der Waals surface area contributed by atoms with Crippen LogP contribution in [0.3, 0.4) is 0 Å². The van der Waals surface area contributed by atoms with Crippen LogP contribution < -0.4 is 5.56 Å². The van der Waals surface area contributed by atoms with E-state index in [-0.39, 0.29) is 16.8 Å². The maximum absolute atomic E-state index is 13.8. The molecule has 0 unspecified atom stereocenters. The van der Waals surface area contributed by atoms with E-state index in [0.717, 1.165) is 35.1 Å². The van der Waals surface area contributed by atoms with Crippen molar-refractivity contribution in [1.29, 1.82) is 0 Å². The van der Waals surface area contributed by atoms with E-state index in [0.29, 0.717) is 10.8 Å². The van der Waals surface area contributed by atoms with Gasteiger partial charge in [0.2, 0.25) is 0 Å². The lowest BCUT2D eigenvalue weighted by molar-refractivity contribution is 0.630. The Morgan fingerprint density at radius 2 is 2.09 bits per heavy atom. The van der Waals surface area contributed by atoms with Gasteiger partial charge in [0.15, 0.2) is 0 Å². The average Bonchev–Trinajstić information content (AvgIpc) is 3.11. The number of aromatic amines is 1. The minimum atomic E-state index is -0.354. The average molecular weight is 307 g/mol. The molecule has 0 spiro atoms. The van der Waals surface area contributed by atoms with Crippen molar-refractivity contribution in [2.45, 2.75) is 25.2 Å². The highest BCUT2D eigenvalue weighted by atomic mass is 19.1. The lowest BCUT2D eigenvalue weighted by atomic mass is 10.1. The number of benzene rings is 1. The van der Waals surface area contributed by atoms with Crippen LogP contribution in [0.2, 0.25) is 0 Å². The second-order valence-corrected chi connectivity index (χ2v) is 6.64. The van der Waals surface area contributed by atoms with Gasteiger partial charge in [0.05, 0.1) is 16.6 Å². The van der Waals surface area contributed by atoms with E-state index in [4.69, 9.17) is 4.98 Å². The molecule has 1 N–H and O–H groups in total. The molecule has 3 aromatic heterocycles. The van der Waals surface area contributed by atoms with Crippen molar-refractivity contribution < 1.29 is 4.39 Å². The van der Waals surface area contributed by atoms with Gasteiger partial charge in [-0.05, 0) is 37.1 Å². The summed E-state index contributed by atoms with van der Waals surface area (Å²) < 4.78 is 15.7. The number of fused-ring (bicyclic) bond motifs is 6. The van der Waals surface area contributed by atoms with E-state index >= 15 is 0 Å². The summed E-state index contributed by atoms with van der Waals surface area (Å²) >= 11 is 0. The molecular formula is C18H14FN3O. The predicted molar refractivity (Wildman–Crippen MR) is 87.4 cm³/mol. The van der Waals surface area contributed by atoms with Crippen molar-refractivity contribution in [3.63, 3.8) is 0 Å². The van der Waals surface area contributed by atoms with Gasteiger partial charge in [0.25, 0.3) is 5.56 Å². The molecule has 4 nitrogen and oxygen atoms in total. The van der Waals surface area contributed by atoms with Gasteiger partial charge in [-0.1, -0.05) is 6.92 Å². The van der Waals surface area contributed by atoms with E-state index in [1.165, 1.54) is 12.1 Å². The highest BCUT2D eigenvalue weighted by Gasteiger charge is 2.41. The van der Waals surface area contributed by atoms with Gasteiger partial charge in [0, 0.05) is 28.6 Å². The summed E-state index contributed by atoms with van der Waals surface area (Å²) in [7, 11) is 0. The number of nitrogens with zero attached hydrogens (tertiary/aromatic N) is 2. The first-order chi connectivity index (χ1) is 11.1. The Morgan fingerprint density at radius 1 is 1.26 bits per heavy atom. The van der Waals surface area contributed by atoms with Crippen molar-refractivity contribution >= 4 is 27.3 Å². The van der Waals surface area contributed by atoms with Crippen molar-refractivity contribution in [1.82, 2.24) is 14.4 Å². The Labute approximate surface area is 130 Å². The third-order valence-electron chi connectivity index (χ3n) is 5.01. The maximum Gasteiger partial charge on any atom is 0.257 e. The summed E-state index contributed by atoms with van der Waals surface area (Å²) in [5, 5.41) is 1.90. The van der Waals surface area contributed by atoms with E-state index in [9.17, 15) is 9.18 Å². The molecule has 0 amide bonds. The minimum absolute atomic E-state index is 0.131. The number of pyridine rings is 2. The standard InChI is InChI=1S/C18H14FN3O/c1-18(5-6-18)14-9-22-13-4-7-20-17(23)15(13)12-8-10(19)2-3-11(12)16(22)21-14/h2-4,7-9H,5-6H2,1H3,(H,20,23). The van der Waals surface area contributed by atoms with Crippen molar-refractivity contribution in [3.8, 4) is 0 Å². The first-order valence-electron chi connectivity index (χ1n) is 7.69. The second-order valence-electron chi connectivity index (χ2n) is 6.64. The zero-order chi connectivity index (χ0) is 15.8. The topological polar surface area (TPSA) is 50.2 Å². The van der Waals surface area contributed by atoms with Gasteiger partial charge in [-0.2, -0.15) is 0 Å². The number of aromatic nitrogens is 3. The van der Waals surface area contributed by atoms with Crippen LogP contribution in [0.15, 0.2) is 41.5 Å². The van der Waals surface area contributed by atoms with Crippen LogP contribution in [-0.2, 0) is 5.41 Å². The normalized spacial score (nSPS) is 16.4. The number of rotatable bonds is 1. The molecule has 0 bridgehead atoms. The van der Waals surface area contributed by atoms with Crippen LogP contribution in [0.4, 0.5) is 4.39 Å². The summed E-state index contributed by atoms with van der Waals surface area (Å²) in [6.07, 6.45) is 5.89. The molecule has 5 heteroatoms. The van der Waals surface area contributed by atoms with Crippen molar-refractivity contribution in [2.75, 3.05) is 0 Å². The summed E-state index contributed by atoms with van der Waals surface area (Å²) in [4.78, 5) is 19.9. The van der Waals surface area contributed by atoms with Gasteiger partial charge in [-0.25, -0.2) is 9.37 Å². The fraction of sp³-hybridized carbons (Fsp3) is 0.222. The second kappa shape index (κ2) is 3.98. The molecule has 5 rings (SSSR count). The van der Waals surface area contributed by atoms with Crippen LogP contribution in [0.5, 0.6) is 0 Å². The molecular weight excluding hydrogens is 293 g/mol. The Bertz CT molecular complexity index is 1170. The fourth-order valence-electron chi connectivity index (χ4n) is 3.34. The number of nitrogens with one attached hydrogen (secondary N) is 1. The molecule has 4 aromatic rings.